The van der Waals surface area contributed by atoms with E-state index in [1.165, 1.54) is 4.88 Å². The Morgan fingerprint density at radius 3 is 2.61 bits per heavy atom. The molecular formula is C28H36N6O3S. The van der Waals surface area contributed by atoms with Crippen molar-refractivity contribution in [2.75, 3.05) is 13.1 Å². The Kier molecular flexibility index (Phi) is 7.04. The zero-order valence-electron chi connectivity index (χ0n) is 22.8. The average molecular weight is 537 g/mol. The predicted octanol–water partition coefficient (Wildman–Crippen LogP) is 4.23. The summed E-state index contributed by atoms with van der Waals surface area (Å²) in [4.78, 5) is 21.2. The first-order valence-electron chi connectivity index (χ1n) is 13.2. The van der Waals surface area contributed by atoms with Crippen LogP contribution in [0, 0.1) is 19.8 Å². The molecule has 202 valence electrons. The summed E-state index contributed by atoms with van der Waals surface area (Å²) in [6, 6.07) is 9.94. The molecule has 2 aliphatic rings. The van der Waals surface area contributed by atoms with Crippen LogP contribution >= 0.6 is 11.3 Å². The van der Waals surface area contributed by atoms with Crippen LogP contribution < -0.4 is 5.32 Å². The molecule has 9 nitrogen and oxygen atoms in total. The number of likely N-dealkylation sites (tertiary alicyclic amines) is 1. The number of amides is 1. The highest BCUT2D eigenvalue weighted by molar-refractivity contribution is 7.13. The van der Waals surface area contributed by atoms with Gasteiger partial charge in [0.05, 0.1) is 33.9 Å². The molecule has 0 aliphatic carbocycles. The van der Waals surface area contributed by atoms with Gasteiger partial charge in [-0.3, -0.25) is 9.80 Å². The molecule has 4 heterocycles. The van der Waals surface area contributed by atoms with Crippen LogP contribution in [0.15, 0.2) is 45.5 Å². The molecule has 2 N–H and O–H groups in total. The number of carbonyl (C=O) groups excluding carboxylic acids is 1. The normalized spacial score (nSPS) is 24.2. The third-order valence-corrected chi connectivity index (χ3v) is 8.61. The number of aryl methyl sites for hydroxylation is 2. The third-order valence-electron chi connectivity index (χ3n) is 7.63. The largest absolute Gasteiger partial charge is 0.391 e. The van der Waals surface area contributed by atoms with Gasteiger partial charge in [0.25, 0.3) is 0 Å². The molecule has 0 radical (unpaired) electrons. The van der Waals surface area contributed by atoms with E-state index in [4.69, 9.17) is 9.62 Å². The standard InChI is InChI=1S/C28H36N6O3S/c1-7-34-28(6,20-10-8-19(9-11-20)25-18(5)29-15-38-25)30-26(31-34)22-13-21(35)14-33(22)27(36)24(16(2)3)23-12-17(4)32-37-23/h8-12,15-16,21-22,24,35H,7,13-14H2,1-6H3,(H,30,31)/t21-,22-,24-,28-/m1/s1. The lowest BCUT2D eigenvalue weighted by atomic mass is 9.91. The average Bonchev–Trinajstić information content (AvgIpc) is 3.66. The topological polar surface area (TPSA) is 107 Å². The molecule has 4 atom stereocenters. The van der Waals surface area contributed by atoms with Gasteiger partial charge in [-0.25, -0.2) is 4.98 Å². The molecule has 38 heavy (non-hydrogen) atoms. The fourth-order valence-corrected chi connectivity index (χ4v) is 6.42. The van der Waals surface area contributed by atoms with Gasteiger partial charge < -0.3 is 19.8 Å². The van der Waals surface area contributed by atoms with Crippen molar-refractivity contribution < 1.29 is 14.4 Å². The summed E-state index contributed by atoms with van der Waals surface area (Å²) in [5.41, 5.74) is 5.25. The van der Waals surface area contributed by atoms with Gasteiger partial charge in [-0.15, -0.1) is 11.3 Å². The number of benzene rings is 1. The van der Waals surface area contributed by atoms with Gasteiger partial charge in [-0.2, -0.15) is 5.10 Å². The van der Waals surface area contributed by atoms with Crippen LogP contribution in [0.5, 0.6) is 0 Å². The Morgan fingerprint density at radius 2 is 2.03 bits per heavy atom. The highest BCUT2D eigenvalue weighted by Gasteiger charge is 2.47. The minimum absolute atomic E-state index is 0.00446. The van der Waals surface area contributed by atoms with E-state index in [2.05, 4.69) is 53.6 Å². The highest BCUT2D eigenvalue weighted by atomic mass is 32.1. The molecule has 10 heteroatoms. The van der Waals surface area contributed by atoms with E-state index in [1.807, 2.05) is 44.3 Å². The number of nitrogens with zero attached hydrogens (tertiary/aromatic N) is 5. The molecule has 5 rings (SSSR count). The van der Waals surface area contributed by atoms with E-state index in [1.54, 1.807) is 16.2 Å². The molecule has 0 unspecified atom stereocenters. The fraction of sp³-hybridized carbons (Fsp3) is 0.500. The number of nitrogens with one attached hydrogen (secondary N) is 1. The van der Waals surface area contributed by atoms with Crippen molar-refractivity contribution in [2.45, 2.75) is 71.7 Å². The van der Waals surface area contributed by atoms with Crippen LogP contribution in [0.3, 0.4) is 0 Å². The van der Waals surface area contributed by atoms with Gasteiger partial charge >= 0.3 is 0 Å². The molecule has 0 spiro atoms. The van der Waals surface area contributed by atoms with E-state index in [0.29, 0.717) is 24.6 Å². The Labute approximate surface area is 227 Å². The van der Waals surface area contributed by atoms with Gasteiger partial charge in [-0.05, 0) is 44.7 Å². The first-order chi connectivity index (χ1) is 18.1. The quantitative estimate of drug-likeness (QED) is 0.465. The lowest BCUT2D eigenvalue weighted by Gasteiger charge is -2.35. The summed E-state index contributed by atoms with van der Waals surface area (Å²) in [6.45, 7) is 13.0. The number of β-amino-alcohol motifs (C(OH)–C–C–N with tert-alkyl or cyclic N) is 1. The van der Waals surface area contributed by atoms with Gasteiger partial charge in [0.1, 0.15) is 17.5 Å². The maximum absolute atomic E-state index is 13.9. The predicted molar refractivity (Wildman–Crippen MR) is 148 cm³/mol. The highest BCUT2D eigenvalue weighted by Crippen LogP contribution is 2.36. The molecule has 1 fully saturated rings. The lowest BCUT2D eigenvalue weighted by Crippen LogP contribution is -2.52. The summed E-state index contributed by atoms with van der Waals surface area (Å²) in [7, 11) is 0. The number of amidine groups is 1. The Morgan fingerprint density at radius 1 is 1.29 bits per heavy atom. The van der Waals surface area contributed by atoms with Crippen LogP contribution in [0.25, 0.3) is 10.4 Å². The number of rotatable bonds is 7. The van der Waals surface area contributed by atoms with E-state index < -0.39 is 17.7 Å². The maximum atomic E-state index is 13.9. The lowest BCUT2D eigenvalue weighted by molar-refractivity contribution is -0.134. The van der Waals surface area contributed by atoms with Crippen molar-refractivity contribution in [1.82, 2.24) is 25.4 Å². The number of hydrogen-bond donors (Lipinski definition) is 2. The summed E-state index contributed by atoms with van der Waals surface area (Å²) >= 11 is 1.64. The van der Waals surface area contributed by atoms with Crippen LogP contribution in [-0.4, -0.2) is 62.1 Å². The van der Waals surface area contributed by atoms with Gasteiger partial charge in [0.15, 0.2) is 5.66 Å². The van der Waals surface area contributed by atoms with Crippen LogP contribution in [0.4, 0.5) is 0 Å². The minimum atomic E-state index is -0.624. The van der Waals surface area contributed by atoms with Crippen molar-refractivity contribution in [3.63, 3.8) is 0 Å². The molecule has 3 aromatic rings. The Bertz CT molecular complexity index is 1330. The summed E-state index contributed by atoms with van der Waals surface area (Å²) < 4.78 is 5.51. The van der Waals surface area contributed by atoms with Crippen LogP contribution in [0.2, 0.25) is 0 Å². The SMILES string of the molecule is CCN1N=C([C@H]2C[C@@H](O)CN2C(=O)[C@@H](c2cc(C)no2)C(C)C)N[C@@]1(C)c1ccc(-c2scnc2C)cc1. The molecular weight excluding hydrogens is 500 g/mol. The second kappa shape index (κ2) is 10.1. The number of thiazole rings is 1. The molecule has 1 amide bonds. The van der Waals surface area contributed by atoms with Gasteiger partial charge in [0, 0.05) is 25.6 Å². The van der Waals surface area contributed by atoms with Crippen molar-refractivity contribution in [1.29, 1.82) is 0 Å². The zero-order valence-corrected chi connectivity index (χ0v) is 23.6. The molecule has 1 aromatic carbocycles. The minimum Gasteiger partial charge on any atom is -0.391 e. The van der Waals surface area contributed by atoms with E-state index >= 15 is 0 Å². The first-order valence-corrected chi connectivity index (χ1v) is 14.1. The number of hydrogen-bond acceptors (Lipinski definition) is 9. The van der Waals surface area contributed by atoms with E-state index in [0.717, 1.165) is 22.5 Å². The molecule has 0 saturated carbocycles. The van der Waals surface area contributed by atoms with Crippen LogP contribution in [0.1, 0.15) is 62.7 Å². The number of carbonyl (C=O) groups is 1. The Balaban J connectivity index is 1.41. The maximum Gasteiger partial charge on any atom is 0.234 e. The van der Waals surface area contributed by atoms with Crippen molar-refractivity contribution in [3.8, 4) is 10.4 Å². The summed E-state index contributed by atoms with van der Waals surface area (Å²) in [5, 5.41) is 25.3. The first kappa shape index (κ1) is 26.4. The number of aromatic nitrogens is 2. The molecule has 2 aliphatic heterocycles. The number of aliphatic hydroxyl groups excluding tert-OH is 1. The second-order valence-electron chi connectivity index (χ2n) is 10.7. The van der Waals surface area contributed by atoms with Gasteiger partial charge in [0.2, 0.25) is 5.91 Å². The number of aliphatic hydroxyl groups is 1. The third kappa shape index (κ3) is 4.60. The summed E-state index contributed by atoms with van der Waals surface area (Å²) in [6.07, 6.45) is -0.198. The number of hydrazone groups is 1. The van der Waals surface area contributed by atoms with E-state index in [-0.39, 0.29) is 24.4 Å². The van der Waals surface area contributed by atoms with Crippen LogP contribution in [-0.2, 0) is 10.5 Å². The second-order valence-corrected chi connectivity index (χ2v) is 11.6. The van der Waals surface area contributed by atoms with Gasteiger partial charge in [-0.1, -0.05) is 43.3 Å². The Hall–Kier alpha value is -3.24. The fourth-order valence-electron chi connectivity index (χ4n) is 5.61. The van der Waals surface area contributed by atoms with Crippen molar-refractivity contribution in [2.24, 2.45) is 11.0 Å². The summed E-state index contributed by atoms with van der Waals surface area (Å²) in [5.74, 6) is 0.688. The molecule has 2 aromatic heterocycles. The monoisotopic (exact) mass is 536 g/mol. The van der Waals surface area contributed by atoms with E-state index in [9.17, 15) is 9.90 Å². The van der Waals surface area contributed by atoms with Crippen molar-refractivity contribution in [3.05, 3.63) is 58.6 Å². The van der Waals surface area contributed by atoms with Crippen molar-refractivity contribution >= 4 is 23.1 Å². The smallest absolute Gasteiger partial charge is 0.234 e. The zero-order chi connectivity index (χ0) is 27.2. The molecule has 1 saturated heterocycles. The molecule has 0 bridgehead atoms.